The maximum absolute atomic E-state index is 4.79. The zero-order chi connectivity index (χ0) is 16.7. The highest BCUT2D eigenvalue weighted by Gasteiger charge is 2.18. The van der Waals surface area contributed by atoms with Crippen LogP contribution in [0.4, 0.5) is 0 Å². The van der Waals surface area contributed by atoms with Crippen molar-refractivity contribution in [3.05, 3.63) is 64.8 Å². The van der Waals surface area contributed by atoms with Crippen molar-refractivity contribution in [1.29, 1.82) is 0 Å². The second-order valence-corrected chi connectivity index (χ2v) is 7.38. The van der Waals surface area contributed by atoms with Gasteiger partial charge in [-0.1, -0.05) is 36.6 Å². The molecule has 0 saturated heterocycles. The van der Waals surface area contributed by atoms with E-state index >= 15 is 0 Å². The quantitative estimate of drug-likeness (QED) is 0.527. The van der Waals surface area contributed by atoms with Gasteiger partial charge >= 0.3 is 0 Å². The van der Waals surface area contributed by atoms with Gasteiger partial charge < -0.3 is 0 Å². The summed E-state index contributed by atoms with van der Waals surface area (Å²) in [7, 11) is 0. The monoisotopic (exact) mass is 315 g/mol. The molecule has 2 aromatic carbocycles. The third-order valence-corrected chi connectivity index (χ3v) is 5.68. The maximum Gasteiger partial charge on any atom is 0.0783 e. The smallest absolute Gasteiger partial charge is 0.0783 e. The topological polar surface area (TPSA) is 12.9 Å². The molecule has 0 aliphatic heterocycles. The van der Waals surface area contributed by atoms with Crippen LogP contribution in [0.5, 0.6) is 0 Å². The molecule has 0 amide bonds. The second kappa shape index (κ2) is 6.05. The standard InChI is InChI=1S/C23H25N/c1-15-12-16(2)17(3)21(13-15)23-22-14-20(18-6-4-5-7-18)9-8-19(22)10-11-24-23/h8-14,18H,4-7H2,1-3H3. The zero-order valence-electron chi connectivity index (χ0n) is 14.9. The van der Waals surface area contributed by atoms with E-state index in [2.05, 4.69) is 57.2 Å². The maximum atomic E-state index is 4.79. The van der Waals surface area contributed by atoms with Crippen LogP contribution in [0.2, 0.25) is 0 Å². The predicted octanol–water partition coefficient (Wildman–Crippen LogP) is 6.48. The van der Waals surface area contributed by atoms with Gasteiger partial charge in [-0.05, 0) is 79.8 Å². The number of aromatic nitrogens is 1. The number of aryl methyl sites for hydroxylation is 2. The molecule has 0 atom stereocenters. The van der Waals surface area contributed by atoms with Crippen LogP contribution in [0, 0.1) is 20.8 Å². The summed E-state index contributed by atoms with van der Waals surface area (Å²) in [6.07, 6.45) is 7.37. The van der Waals surface area contributed by atoms with Gasteiger partial charge in [0, 0.05) is 17.1 Å². The van der Waals surface area contributed by atoms with Gasteiger partial charge in [-0.15, -0.1) is 0 Å². The van der Waals surface area contributed by atoms with E-state index in [4.69, 9.17) is 4.98 Å². The van der Waals surface area contributed by atoms with E-state index in [1.54, 1.807) is 0 Å². The Labute approximate surface area is 144 Å². The Morgan fingerprint density at radius 2 is 1.71 bits per heavy atom. The molecule has 1 saturated carbocycles. The molecular weight excluding hydrogens is 290 g/mol. The zero-order valence-corrected chi connectivity index (χ0v) is 14.9. The third kappa shape index (κ3) is 2.62. The first-order chi connectivity index (χ1) is 11.6. The number of pyridine rings is 1. The van der Waals surface area contributed by atoms with Crippen LogP contribution in [0.15, 0.2) is 42.6 Å². The minimum absolute atomic E-state index is 0.739. The van der Waals surface area contributed by atoms with Crippen molar-refractivity contribution < 1.29 is 0 Å². The van der Waals surface area contributed by atoms with Crippen LogP contribution in [0.1, 0.15) is 53.9 Å². The Morgan fingerprint density at radius 1 is 0.917 bits per heavy atom. The van der Waals surface area contributed by atoms with Crippen molar-refractivity contribution in [3.8, 4) is 11.3 Å². The van der Waals surface area contributed by atoms with Gasteiger partial charge in [-0.3, -0.25) is 4.98 Å². The predicted molar refractivity (Wildman–Crippen MR) is 103 cm³/mol. The summed E-state index contributed by atoms with van der Waals surface area (Å²) >= 11 is 0. The van der Waals surface area contributed by atoms with E-state index in [0.717, 1.165) is 11.6 Å². The molecule has 0 radical (unpaired) electrons. The van der Waals surface area contributed by atoms with E-state index in [-0.39, 0.29) is 0 Å². The molecule has 0 bridgehead atoms. The normalized spacial score (nSPS) is 15.3. The van der Waals surface area contributed by atoms with Gasteiger partial charge in [-0.25, -0.2) is 0 Å². The number of hydrogen-bond acceptors (Lipinski definition) is 1. The molecule has 24 heavy (non-hydrogen) atoms. The van der Waals surface area contributed by atoms with Gasteiger partial charge in [0.05, 0.1) is 5.69 Å². The fraction of sp³-hybridized carbons (Fsp3) is 0.348. The van der Waals surface area contributed by atoms with Crippen LogP contribution in [0.25, 0.3) is 22.0 Å². The van der Waals surface area contributed by atoms with Gasteiger partial charge in [0.1, 0.15) is 0 Å². The highest BCUT2D eigenvalue weighted by Crippen LogP contribution is 2.37. The molecule has 1 aliphatic carbocycles. The number of fused-ring (bicyclic) bond motifs is 1. The van der Waals surface area contributed by atoms with Crippen molar-refractivity contribution in [2.75, 3.05) is 0 Å². The summed E-state index contributed by atoms with van der Waals surface area (Å²) in [6.45, 7) is 6.58. The van der Waals surface area contributed by atoms with E-state index < -0.39 is 0 Å². The van der Waals surface area contributed by atoms with E-state index in [0.29, 0.717) is 0 Å². The molecule has 4 rings (SSSR count). The number of rotatable bonds is 2. The fourth-order valence-electron chi connectivity index (χ4n) is 4.20. The number of benzene rings is 2. The average Bonchev–Trinajstić information content (AvgIpc) is 3.12. The molecule has 1 heterocycles. The van der Waals surface area contributed by atoms with Crippen molar-refractivity contribution in [2.45, 2.75) is 52.4 Å². The van der Waals surface area contributed by atoms with Gasteiger partial charge in [0.2, 0.25) is 0 Å². The SMILES string of the molecule is Cc1cc(C)c(C)c(-c2nccc3ccc(C4CCCC4)cc23)c1. The molecule has 1 fully saturated rings. The van der Waals surface area contributed by atoms with Crippen LogP contribution < -0.4 is 0 Å². The Hall–Kier alpha value is -2.15. The van der Waals surface area contributed by atoms with Crippen molar-refractivity contribution in [2.24, 2.45) is 0 Å². The Balaban J connectivity index is 1.93. The summed E-state index contributed by atoms with van der Waals surface area (Å²) in [4.78, 5) is 4.79. The minimum Gasteiger partial charge on any atom is -0.256 e. The largest absolute Gasteiger partial charge is 0.256 e. The van der Waals surface area contributed by atoms with E-state index in [1.165, 1.54) is 64.3 Å². The molecule has 122 valence electrons. The molecular formula is C23H25N. The fourth-order valence-corrected chi connectivity index (χ4v) is 4.20. The van der Waals surface area contributed by atoms with E-state index in [9.17, 15) is 0 Å². The van der Waals surface area contributed by atoms with Crippen molar-refractivity contribution in [3.63, 3.8) is 0 Å². The van der Waals surface area contributed by atoms with E-state index in [1.807, 2.05) is 6.20 Å². The van der Waals surface area contributed by atoms with Crippen LogP contribution in [-0.2, 0) is 0 Å². The first kappa shape index (κ1) is 15.4. The lowest BCUT2D eigenvalue weighted by atomic mass is 9.91. The van der Waals surface area contributed by atoms with Crippen LogP contribution >= 0.6 is 0 Å². The summed E-state index contributed by atoms with van der Waals surface area (Å²) in [6, 6.07) is 13.7. The highest BCUT2D eigenvalue weighted by molar-refractivity contribution is 5.95. The average molecular weight is 315 g/mol. The Kier molecular flexibility index (Phi) is 3.88. The molecule has 0 N–H and O–H groups in total. The highest BCUT2D eigenvalue weighted by atomic mass is 14.7. The molecule has 1 aliphatic rings. The van der Waals surface area contributed by atoms with Gasteiger partial charge in [0.15, 0.2) is 0 Å². The molecule has 1 nitrogen and oxygen atoms in total. The van der Waals surface area contributed by atoms with Crippen LogP contribution in [-0.4, -0.2) is 4.98 Å². The Bertz CT molecular complexity index is 901. The first-order valence-electron chi connectivity index (χ1n) is 9.10. The third-order valence-electron chi connectivity index (χ3n) is 5.68. The van der Waals surface area contributed by atoms with Gasteiger partial charge in [0.25, 0.3) is 0 Å². The minimum atomic E-state index is 0.739. The molecule has 0 spiro atoms. The Morgan fingerprint density at radius 3 is 2.50 bits per heavy atom. The van der Waals surface area contributed by atoms with Gasteiger partial charge in [-0.2, -0.15) is 0 Å². The second-order valence-electron chi connectivity index (χ2n) is 7.38. The summed E-state index contributed by atoms with van der Waals surface area (Å²) in [5.41, 5.74) is 7.90. The summed E-state index contributed by atoms with van der Waals surface area (Å²) < 4.78 is 0. The number of nitrogens with zero attached hydrogens (tertiary/aromatic N) is 1. The van der Waals surface area contributed by atoms with Crippen molar-refractivity contribution >= 4 is 10.8 Å². The lowest BCUT2D eigenvalue weighted by Gasteiger charge is -2.15. The lowest BCUT2D eigenvalue weighted by Crippen LogP contribution is -1.96. The number of hydrogen-bond donors (Lipinski definition) is 0. The molecule has 0 unspecified atom stereocenters. The molecule has 1 aromatic heterocycles. The first-order valence-corrected chi connectivity index (χ1v) is 9.10. The lowest BCUT2D eigenvalue weighted by molar-refractivity contribution is 0.724. The summed E-state index contributed by atoms with van der Waals surface area (Å²) in [5.74, 6) is 0.739. The van der Waals surface area contributed by atoms with Crippen LogP contribution in [0.3, 0.4) is 0 Å². The van der Waals surface area contributed by atoms with Crippen molar-refractivity contribution in [1.82, 2.24) is 4.98 Å². The molecule has 3 aromatic rings. The molecule has 1 heteroatoms. The summed E-state index contributed by atoms with van der Waals surface area (Å²) in [5, 5.41) is 2.59.